The van der Waals surface area contributed by atoms with E-state index in [0.717, 1.165) is 56.6 Å². The van der Waals surface area contributed by atoms with E-state index < -0.39 is 0 Å². The first-order chi connectivity index (χ1) is 10.8. The van der Waals surface area contributed by atoms with E-state index in [1.807, 2.05) is 23.1 Å². The fourth-order valence-electron chi connectivity index (χ4n) is 3.39. The molecule has 0 spiro atoms. The summed E-state index contributed by atoms with van der Waals surface area (Å²) in [5.41, 5.74) is 0. The second-order valence-corrected chi connectivity index (χ2v) is 6.10. The van der Waals surface area contributed by atoms with Gasteiger partial charge in [0.15, 0.2) is 6.61 Å². The van der Waals surface area contributed by atoms with Crippen LogP contribution in [0.4, 0.5) is 0 Å². The van der Waals surface area contributed by atoms with Crippen LogP contribution in [0.5, 0.6) is 11.5 Å². The van der Waals surface area contributed by atoms with Crippen LogP contribution in [0.1, 0.15) is 12.8 Å². The number of ether oxygens (including phenoxy) is 2. The van der Waals surface area contributed by atoms with Gasteiger partial charge in [0.2, 0.25) is 0 Å². The third kappa shape index (κ3) is 3.53. The maximum absolute atomic E-state index is 12.4. The first kappa shape index (κ1) is 15.2. The molecule has 1 amide bonds. The zero-order valence-corrected chi connectivity index (χ0v) is 13.1. The Bertz CT molecular complexity index is 506. The number of amides is 1. The van der Waals surface area contributed by atoms with E-state index in [4.69, 9.17) is 9.47 Å². The van der Waals surface area contributed by atoms with Crippen molar-refractivity contribution >= 4 is 5.91 Å². The van der Waals surface area contributed by atoms with Crippen LogP contribution in [0.25, 0.3) is 0 Å². The first-order valence-electron chi connectivity index (χ1n) is 8.01. The molecule has 2 saturated heterocycles. The zero-order valence-electron chi connectivity index (χ0n) is 13.1. The van der Waals surface area contributed by atoms with Crippen LogP contribution < -0.4 is 14.8 Å². The number of methoxy groups -OCH3 is 1. The van der Waals surface area contributed by atoms with Gasteiger partial charge in [-0.05, 0) is 49.9 Å². The van der Waals surface area contributed by atoms with E-state index in [2.05, 4.69) is 5.32 Å². The fourth-order valence-corrected chi connectivity index (χ4v) is 3.39. The van der Waals surface area contributed by atoms with Crippen LogP contribution in [0.3, 0.4) is 0 Å². The number of carbonyl (C=O) groups is 1. The minimum absolute atomic E-state index is 0.0794. The normalized spacial score (nSPS) is 24.5. The van der Waals surface area contributed by atoms with E-state index in [9.17, 15) is 4.79 Å². The summed E-state index contributed by atoms with van der Waals surface area (Å²) in [5.74, 6) is 2.95. The van der Waals surface area contributed by atoms with Crippen molar-refractivity contribution in [3.8, 4) is 11.5 Å². The van der Waals surface area contributed by atoms with Crippen molar-refractivity contribution in [3.63, 3.8) is 0 Å². The van der Waals surface area contributed by atoms with E-state index in [1.54, 1.807) is 13.2 Å². The highest BCUT2D eigenvalue weighted by molar-refractivity contribution is 5.77. The first-order valence-corrected chi connectivity index (χ1v) is 8.01. The third-order valence-corrected chi connectivity index (χ3v) is 4.78. The summed E-state index contributed by atoms with van der Waals surface area (Å²) in [6.07, 6.45) is 2.20. The number of likely N-dealkylation sites (tertiary alicyclic amines) is 1. The molecular formula is C17H24N2O3. The van der Waals surface area contributed by atoms with Gasteiger partial charge in [0, 0.05) is 19.2 Å². The van der Waals surface area contributed by atoms with E-state index in [-0.39, 0.29) is 12.5 Å². The molecular weight excluding hydrogens is 280 g/mol. The van der Waals surface area contributed by atoms with Gasteiger partial charge in [0.05, 0.1) is 7.11 Å². The average Bonchev–Trinajstić information content (AvgIpc) is 2.91. The smallest absolute Gasteiger partial charge is 0.260 e. The summed E-state index contributed by atoms with van der Waals surface area (Å²) in [4.78, 5) is 14.3. The van der Waals surface area contributed by atoms with Crippen LogP contribution >= 0.6 is 0 Å². The molecule has 0 saturated carbocycles. The monoisotopic (exact) mass is 304 g/mol. The van der Waals surface area contributed by atoms with Crippen molar-refractivity contribution in [2.45, 2.75) is 12.8 Å². The fraction of sp³-hybridized carbons (Fsp3) is 0.588. The van der Waals surface area contributed by atoms with E-state index in [1.165, 1.54) is 0 Å². The van der Waals surface area contributed by atoms with Gasteiger partial charge in [-0.2, -0.15) is 0 Å². The Hall–Kier alpha value is -1.75. The lowest BCUT2D eigenvalue weighted by molar-refractivity contribution is -0.133. The van der Waals surface area contributed by atoms with Crippen LogP contribution in [-0.4, -0.2) is 50.7 Å². The maximum atomic E-state index is 12.4. The second-order valence-electron chi connectivity index (χ2n) is 6.10. The van der Waals surface area contributed by atoms with Gasteiger partial charge in [-0.1, -0.05) is 6.07 Å². The van der Waals surface area contributed by atoms with E-state index >= 15 is 0 Å². The Morgan fingerprint density at radius 1 is 1.23 bits per heavy atom. The molecule has 22 heavy (non-hydrogen) atoms. The lowest BCUT2D eigenvalue weighted by Gasteiger charge is -2.21. The molecule has 5 heteroatoms. The highest BCUT2D eigenvalue weighted by Gasteiger charge is 2.31. The van der Waals surface area contributed by atoms with E-state index in [0.29, 0.717) is 5.75 Å². The third-order valence-electron chi connectivity index (χ3n) is 4.78. The van der Waals surface area contributed by atoms with Gasteiger partial charge < -0.3 is 19.7 Å². The molecule has 2 heterocycles. The lowest BCUT2D eigenvalue weighted by atomic mass is 9.92. The molecule has 1 N–H and O–H groups in total. The Balaban J connectivity index is 1.51. The van der Waals surface area contributed by atoms with Crippen LogP contribution in [0, 0.1) is 11.8 Å². The largest absolute Gasteiger partial charge is 0.497 e. The molecule has 3 rings (SSSR count). The summed E-state index contributed by atoms with van der Waals surface area (Å²) in [5, 5.41) is 3.45. The van der Waals surface area contributed by atoms with Gasteiger partial charge in [0.1, 0.15) is 11.5 Å². The highest BCUT2D eigenvalue weighted by Crippen LogP contribution is 2.27. The van der Waals surface area contributed by atoms with Crippen LogP contribution in [0.15, 0.2) is 24.3 Å². The number of fused-ring (bicyclic) bond motifs is 1. The lowest BCUT2D eigenvalue weighted by Crippen LogP contribution is -2.36. The predicted octanol–water partition coefficient (Wildman–Crippen LogP) is 1.53. The molecule has 0 radical (unpaired) electrons. The van der Waals surface area contributed by atoms with Gasteiger partial charge in [-0.25, -0.2) is 0 Å². The topological polar surface area (TPSA) is 50.8 Å². The van der Waals surface area contributed by atoms with Gasteiger partial charge in [-0.3, -0.25) is 4.79 Å². The number of carbonyl (C=O) groups excluding carboxylic acids is 1. The van der Waals surface area contributed by atoms with Gasteiger partial charge in [0.25, 0.3) is 5.91 Å². The van der Waals surface area contributed by atoms with Crippen molar-refractivity contribution in [3.05, 3.63) is 24.3 Å². The van der Waals surface area contributed by atoms with Crippen molar-refractivity contribution in [2.75, 3.05) is 39.9 Å². The molecule has 2 atom stereocenters. The number of hydrogen-bond donors (Lipinski definition) is 1. The van der Waals surface area contributed by atoms with Gasteiger partial charge >= 0.3 is 0 Å². The van der Waals surface area contributed by atoms with Gasteiger partial charge in [-0.15, -0.1) is 0 Å². The number of hydrogen-bond acceptors (Lipinski definition) is 4. The van der Waals surface area contributed by atoms with Crippen molar-refractivity contribution in [1.82, 2.24) is 10.2 Å². The zero-order chi connectivity index (χ0) is 15.4. The molecule has 120 valence electrons. The minimum Gasteiger partial charge on any atom is -0.497 e. The Kier molecular flexibility index (Phi) is 4.83. The number of rotatable bonds is 4. The van der Waals surface area contributed by atoms with Crippen LogP contribution in [0.2, 0.25) is 0 Å². The molecule has 1 aromatic rings. The second kappa shape index (κ2) is 7.01. The molecule has 5 nitrogen and oxygen atoms in total. The standard InChI is InChI=1S/C17H24N2O3/c1-21-15-3-2-4-16(9-15)22-12-17(20)19-7-5-13-10-18-11-14(13)6-8-19/h2-4,9,13-14,18H,5-8,10-12H2,1H3/t13-,14+. The molecule has 0 aromatic heterocycles. The summed E-state index contributed by atoms with van der Waals surface area (Å²) >= 11 is 0. The predicted molar refractivity (Wildman–Crippen MR) is 84.2 cm³/mol. The highest BCUT2D eigenvalue weighted by atomic mass is 16.5. The average molecular weight is 304 g/mol. The summed E-state index contributed by atoms with van der Waals surface area (Å²) in [6.45, 7) is 4.01. The Labute approximate surface area is 131 Å². The summed E-state index contributed by atoms with van der Waals surface area (Å²) in [7, 11) is 1.62. The minimum atomic E-state index is 0.0794. The molecule has 0 bridgehead atoms. The summed E-state index contributed by atoms with van der Waals surface area (Å²) in [6, 6.07) is 7.36. The Morgan fingerprint density at radius 3 is 2.59 bits per heavy atom. The molecule has 1 aromatic carbocycles. The van der Waals surface area contributed by atoms with Crippen molar-refractivity contribution in [1.29, 1.82) is 0 Å². The SMILES string of the molecule is COc1cccc(OCC(=O)N2CC[C@@H]3CNC[C@@H]3CC2)c1. The summed E-state index contributed by atoms with van der Waals surface area (Å²) < 4.78 is 10.8. The number of nitrogens with zero attached hydrogens (tertiary/aromatic N) is 1. The molecule has 0 unspecified atom stereocenters. The van der Waals surface area contributed by atoms with Crippen molar-refractivity contribution in [2.24, 2.45) is 11.8 Å². The number of benzene rings is 1. The molecule has 0 aliphatic carbocycles. The molecule has 2 aliphatic heterocycles. The molecule has 2 aliphatic rings. The number of nitrogens with one attached hydrogen (secondary N) is 1. The Morgan fingerprint density at radius 2 is 1.91 bits per heavy atom. The molecule has 2 fully saturated rings. The quantitative estimate of drug-likeness (QED) is 0.916. The van der Waals surface area contributed by atoms with Crippen molar-refractivity contribution < 1.29 is 14.3 Å². The maximum Gasteiger partial charge on any atom is 0.260 e. The van der Waals surface area contributed by atoms with Crippen LogP contribution in [-0.2, 0) is 4.79 Å².